The van der Waals surface area contributed by atoms with Crippen molar-refractivity contribution < 1.29 is 0 Å². The lowest BCUT2D eigenvalue weighted by molar-refractivity contribution is 0.172. The third-order valence-corrected chi connectivity index (χ3v) is 5.03. The van der Waals surface area contributed by atoms with E-state index in [1.54, 1.807) is 0 Å². The molecule has 0 saturated heterocycles. The van der Waals surface area contributed by atoms with Gasteiger partial charge in [0.1, 0.15) is 0 Å². The monoisotopic (exact) mass is 266 g/mol. The minimum absolute atomic E-state index is 0.530. The molecule has 18 heavy (non-hydrogen) atoms. The molecule has 0 spiro atoms. The van der Waals surface area contributed by atoms with Gasteiger partial charge >= 0.3 is 0 Å². The summed E-state index contributed by atoms with van der Waals surface area (Å²) in [4.78, 5) is 4.02. The third-order valence-electron chi connectivity index (χ3n) is 3.98. The van der Waals surface area contributed by atoms with Crippen molar-refractivity contribution in [3.8, 4) is 0 Å². The molecule has 1 saturated carbocycles. The van der Waals surface area contributed by atoms with Crippen molar-refractivity contribution in [3.63, 3.8) is 0 Å². The van der Waals surface area contributed by atoms with E-state index in [1.807, 2.05) is 11.3 Å². The van der Waals surface area contributed by atoms with Gasteiger partial charge in [-0.3, -0.25) is 4.90 Å². The van der Waals surface area contributed by atoms with Crippen molar-refractivity contribution >= 4 is 11.3 Å². The summed E-state index contributed by atoms with van der Waals surface area (Å²) in [5.41, 5.74) is 0. The first-order valence-electron chi connectivity index (χ1n) is 7.21. The standard InChI is InChI=1S/C15H26N2S/c1-4-6-14(11-16-13-8-9-13)17(3)12(2)15-7-5-10-18-15/h5,7,10,12-14,16H,4,6,8-9,11H2,1-3H3. The number of hydrogen-bond donors (Lipinski definition) is 1. The molecule has 102 valence electrons. The Morgan fingerprint density at radius 3 is 2.83 bits per heavy atom. The maximum Gasteiger partial charge on any atom is 0.0413 e. The van der Waals surface area contributed by atoms with E-state index in [9.17, 15) is 0 Å². The van der Waals surface area contributed by atoms with Crippen LogP contribution in [-0.2, 0) is 0 Å². The Balaban J connectivity index is 1.90. The summed E-state index contributed by atoms with van der Waals surface area (Å²) < 4.78 is 0. The molecule has 0 bridgehead atoms. The van der Waals surface area contributed by atoms with Crippen molar-refractivity contribution in [2.45, 2.75) is 57.7 Å². The van der Waals surface area contributed by atoms with Crippen LogP contribution in [-0.4, -0.2) is 30.6 Å². The second-order valence-corrected chi connectivity index (χ2v) is 6.46. The molecule has 1 aliphatic rings. The molecular weight excluding hydrogens is 240 g/mol. The van der Waals surface area contributed by atoms with E-state index in [4.69, 9.17) is 0 Å². The van der Waals surface area contributed by atoms with Crippen molar-refractivity contribution in [2.75, 3.05) is 13.6 Å². The lowest BCUT2D eigenvalue weighted by Crippen LogP contribution is -2.41. The molecule has 1 heterocycles. The highest BCUT2D eigenvalue weighted by Crippen LogP contribution is 2.26. The van der Waals surface area contributed by atoms with Gasteiger partial charge in [0, 0.05) is 29.5 Å². The Bertz CT molecular complexity index is 332. The van der Waals surface area contributed by atoms with E-state index in [1.165, 1.54) is 30.6 Å². The fraction of sp³-hybridized carbons (Fsp3) is 0.733. The molecule has 1 N–H and O–H groups in total. The molecule has 2 atom stereocenters. The average Bonchev–Trinajstić information content (AvgIpc) is 3.04. The molecule has 2 unspecified atom stereocenters. The Hall–Kier alpha value is -0.380. The normalized spacial score (nSPS) is 19.1. The molecule has 1 aliphatic carbocycles. The molecule has 0 aromatic carbocycles. The summed E-state index contributed by atoms with van der Waals surface area (Å²) in [5.74, 6) is 0. The number of rotatable bonds is 8. The quantitative estimate of drug-likeness (QED) is 0.772. The predicted molar refractivity (Wildman–Crippen MR) is 80.2 cm³/mol. The topological polar surface area (TPSA) is 15.3 Å². The van der Waals surface area contributed by atoms with Crippen LogP contribution < -0.4 is 5.32 Å². The minimum atomic E-state index is 0.530. The van der Waals surface area contributed by atoms with Gasteiger partial charge in [0.25, 0.3) is 0 Å². The maximum atomic E-state index is 3.68. The van der Waals surface area contributed by atoms with Gasteiger partial charge in [0.2, 0.25) is 0 Å². The van der Waals surface area contributed by atoms with Crippen LogP contribution >= 0.6 is 11.3 Å². The van der Waals surface area contributed by atoms with Crippen LogP contribution in [0.2, 0.25) is 0 Å². The fourth-order valence-corrected chi connectivity index (χ4v) is 3.25. The van der Waals surface area contributed by atoms with E-state index < -0.39 is 0 Å². The summed E-state index contributed by atoms with van der Waals surface area (Å²) in [6.45, 7) is 5.75. The Morgan fingerprint density at radius 2 is 2.28 bits per heavy atom. The lowest BCUT2D eigenvalue weighted by atomic mass is 10.1. The first-order chi connectivity index (χ1) is 8.72. The van der Waals surface area contributed by atoms with Gasteiger partial charge in [0.15, 0.2) is 0 Å². The average molecular weight is 266 g/mol. The maximum absolute atomic E-state index is 3.68. The Labute approximate surface area is 115 Å². The largest absolute Gasteiger partial charge is 0.312 e. The third kappa shape index (κ3) is 3.81. The SMILES string of the molecule is CCCC(CNC1CC1)N(C)C(C)c1cccs1. The molecule has 1 aromatic heterocycles. The zero-order valence-corrected chi connectivity index (χ0v) is 12.7. The Kier molecular flexibility index (Phi) is 5.22. The van der Waals surface area contributed by atoms with Crippen LogP contribution in [0.5, 0.6) is 0 Å². The van der Waals surface area contributed by atoms with Gasteiger partial charge in [-0.15, -0.1) is 11.3 Å². The highest BCUT2D eigenvalue weighted by molar-refractivity contribution is 7.10. The van der Waals surface area contributed by atoms with Crippen LogP contribution in [0.1, 0.15) is 50.4 Å². The molecule has 0 amide bonds. The van der Waals surface area contributed by atoms with Gasteiger partial charge in [-0.1, -0.05) is 19.4 Å². The number of nitrogens with one attached hydrogen (secondary N) is 1. The highest BCUT2D eigenvalue weighted by Gasteiger charge is 2.25. The lowest BCUT2D eigenvalue weighted by Gasteiger charge is -2.33. The zero-order valence-electron chi connectivity index (χ0n) is 11.9. The second-order valence-electron chi connectivity index (χ2n) is 5.48. The van der Waals surface area contributed by atoms with Gasteiger partial charge in [-0.05, 0) is 44.7 Å². The fourth-order valence-electron chi connectivity index (χ4n) is 2.42. The molecular formula is C15H26N2S. The minimum Gasteiger partial charge on any atom is -0.312 e. The summed E-state index contributed by atoms with van der Waals surface area (Å²) in [6.07, 6.45) is 5.30. The zero-order chi connectivity index (χ0) is 13.0. The van der Waals surface area contributed by atoms with Gasteiger partial charge in [-0.2, -0.15) is 0 Å². The van der Waals surface area contributed by atoms with Crippen molar-refractivity contribution in [1.29, 1.82) is 0 Å². The van der Waals surface area contributed by atoms with Crippen LogP contribution in [0, 0.1) is 0 Å². The molecule has 1 fully saturated rings. The van der Waals surface area contributed by atoms with Crippen LogP contribution in [0.3, 0.4) is 0 Å². The molecule has 3 heteroatoms. The molecule has 2 nitrogen and oxygen atoms in total. The predicted octanol–water partition coefficient (Wildman–Crippen LogP) is 3.66. The number of nitrogens with zero attached hydrogens (tertiary/aromatic N) is 1. The van der Waals surface area contributed by atoms with E-state index in [0.717, 1.165) is 12.6 Å². The van der Waals surface area contributed by atoms with E-state index in [2.05, 4.69) is 48.6 Å². The molecule has 1 aromatic rings. The van der Waals surface area contributed by atoms with Crippen LogP contribution in [0.25, 0.3) is 0 Å². The smallest absolute Gasteiger partial charge is 0.0413 e. The van der Waals surface area contributed by atoms with E-state index in [-0.39, 0.29) is 0 Å². The van der Waals surface area contributed by atoms with Crippen LogP contribution in [0.15, 0.2) is 17.5 Å². The Morgan fingerprint density at radius 1 is 1.50 bits per heavy atom. The summed E-state index contributed by atoms with van der Waals surface area (Å²) in [5, 5.41) is 5.86. The van der Waals surface area contributed by atoms with Crippen molar-refractivity contribution in [2.24, 2.45) is 0 Å². The van der Waals surface area contributed by atoms with E-state index >= 15 is 0 Å². The molecule has 2 rings (SSSR count). The molecule has 0 radical (unpaired) electrons. The summed E-state index contributed by atoms with van der Waals surface area (Å²) in [6, 6.07) is 6.41. The number of likely N-dealkylation sites (N-methyl/N-ethyl adjacent to an activating group) is 1. The van der Waals surface area contributed by atoms with Crippen molar-refractivity contribution in [3.05, 3.63) is 22.4 Å². The van der Waals surface area contributed by atoms with Crippen LogP contribution in [0.4, 0.5) is 0 Å². The number of hydrogen-bond acceptors (Lipinski definition) is 3. The van der Waals surface area contributed by atoms with E-state index in [0.29, 0.717) is 12.1 Å². The van der Waals surface area contributed by atoms with Gasteiger partial charge < -0.3 is 5.32 Å². The summed E-state index contributed by atoms with van der Waals surface area (Å²) in [7, 11) is 2.28. The number of thiophene rings is 1. The van der Waals surface area contributed by atoms with Gasteiger partial charge in [0.05, 0.1) is 0 Å². The van der Waals surface area contributed by atoms with Crippen molar-refractivity contribution in [1.82, 2.24) is 10.2 Å². The second kappa shape index (κ2) is 6.69. The molecule has 0 aliphatic heterocycles. The first-order valence-corrected chi connectivity index (χ1v) is 8.09. The summed E-state index contributed by atoms with van der Waals surface area (Å²) >= 11 is 1.87. The highest BCUT2D eigenvalue weighted by atomic mass is 32.1. The first kappa shape index (κ1) is 14.0. The van der Waals surface area contributed by atoms with Gasteiger partial charge in [-0.25, -0.2) is 0 Å².